The molecule has 0 aromatic carbocycles. The van der Waals surface area contributed by atoms with Gasteiger partial charge in [-0.05, 0) is 98.7 Å². The topological polar surface area (TPSA) is 66.4 Å². The van der Waals surface area contributed by atoms with E-state index in [0.29, 0.717) is 29.5 Å². The van der Waals surface area contributed by atoms with Crippen molar-refractivity contribution in [2.24, 2.45) is 40.4 Å². The number of carbonyl (C=O) groups excluding carboxylic acids is 2. The summed E-state index contributed by atoms with van der Waals surface area (Å²) < 4.78 is 0. The zero-order valence-electron chi connectivity index (χ0n) is 23.1. The lowest BCUT2D eigenvalue weighted by molar-refractivity contribution is -0.156. The van der Waals surface area contributed by atoms with Crippen molar-refractivity contribution in [2.75, 3.05) is 0 Å². The smallest absolute Gasteiger partial charge is 0.220 e. The Kier molecular flexibility index (Phi) is 8.71. The van der Waals surface area contributed by atoms with Crippen molar-refractivity contribution in [3.63, 3.8) is 0 Å². The van der Waals surface area contributed by atoms with Crippen LogP contribution in [0.15, 0.2) is 0 Å². The fourth-order valence-electron chi connectivity index (χ4n) is 9.16. The van der Waals surface area contributed by atoms with Crippen molar-refractivity contribution in [1.29, 1.82) is 0 Å². The Morgan fingerprint density at radius 1 is 1.03 bits per heavy atom. The minimum Gasteiger partial charge on any atom is -0.393 e. The number of rotatable bonds is 10. The molecule has 4 heteroatoms. The van der Waals surface area contributed by atoms with Crippen molar-refractivity contribution in [3.05, 3.63) is 0 Å². The largest absolute Gasteiger partial charge is 0.393 e. The van der Waals surface area contributed by atoms with E-state index in [2.05, 4.69) is 33.0 Å². The molecule has 4 rings (SSSR count). The molecule has 0 aromatic rings. The van der Waals surface area contributed by atoms with Crippen molar-refractivity contribution in [1.82, 2.24) is 5.32 Å². The molecule has 200 valence electrons. The fourth-order valence-corrected chi connectivity index (χ4v) is 9.16. The van der Waals surface area contributed by atoms with Gasteiger partial charge in [0.2, 0.25) is 5.91 Å². The summed E-state index contributed by atoms with van der Waals surface area (Å²) in [7, 11) is 0. The third kappa shape index (κ3) is 5.53. The molecule has 4 nitrogen and oxygen atoms in total. The first-order chi connectivity index (χ1) is 16.7. The van der Waals surface area contributed by atoms with Crippen molar-refractivity contribution in [3.8, 4) is 0 Å². The zero-order chi connectivity index (χ0) is 25.2. The van der Waals surface area contributed by atoms with Crippen LogP contribution >= 0.6 is 0 Å². The first-order valence-corrected chi connectivity index (χ1v) is 15.2. The maximum Gasteiger partial charge on any atom is 0.220 e. The Morgan fingerprint density at radius 3 is 2.51 bits per heavy atom. The van der Waals surface area contributed by atoms with Gasteiger partial charge in [0, 0.05) is 25.3 Å². The van der Waals surface area contributed by atoms with Gasteiger partial charge in [-0.3, -0.25) is 9.59 Å². The summed E-state index contributed by atoms with van der Waals surface area (Å²) in [4.78, 5) is 24.4. The SMILES string of the molecule is CCC(C)NC(=O)CCCCCCC[C@@H]1C[C@H]2CC(=O)CC[C@]2(C)[C@H]2CC[C@]3(C)[C@@H](O)CC[C@H]3[C@H]12. The summed E-state index contributed by atoms with van der Waals surface area (Å²) in [6.07, 6.45) is 17.3. The van der Waals surface area contributed by atoms with E-state index in [0.717, 1.165) is 62.7 Å². The number of aliphatic hydroxyl groups is 1. The molecule has 0 heterocycles. The van der Waals surface area contributed by atoms with Crippen LogP contribution in [0.3, 0.4) is 0 Å². The Labute approximate surface area is 214 Å². The van der Waals surface area contributed by atoms with E-state index < -0.39 is 0 Å². The van der Waals surface area contributed by atoms with E-state index in [1.54, 1.807) is 0 Å². The van der Waals surface area contributed by atoms with Crippen LogP contribution in [0.25, 0.3) is 0 Å². The molecule has 1 amide bonds. The molecule has 0 saturated heterocycles. The molecule has 0 bridgehead atoms. The maximum atomic E-state index is 12.4. The summed E-state index contributed by atoms with van der Waals surface area (Å²) in [5.74, 6) is 4.16. The quantitative estimate of drug-likeness (QED) is 0.332. The summed E-state index contributed by atoms with van der Waals surface area (Å²) in [5.41, 5.74) is 0.447. The number of fused-ring (bicyclic) bond motifs is 5. The van der Waals surface area contributed by atoms with Gasteiger partial charge in [-0.2, -0.15) is 0 Å². The second-order valence-electron chi connectivity index (χ2n) is 13.6. The molecule has 35 heavy (non-hydrogen) atoms. The Hall–Kier alpha value is -0.900. The van der Waals surface area contributed by atoms with Crippen LogP contribution in [-0.4, -0.2) is 28.9 Å². The first-order valence-electron chi connectivity index (χ1n) is 15.2. The van der Waals surface area contributed by atoms with E-state index >= 15 is 0 Å². The number of hydrogen-bond acceptors (Lipinski definition) is 3. The lowest BCUT2D eigenvalue weighted by Crippen LogP contribution is -2.57. The molecule has 0 aromatic heterocycles. The van der Waals surface area contributed by atoms with Gasteiger partial charge in [-0.25, -0.2) is 0 Å². The van der Waals surface area contributed by atoms with E-state index in [1.165, 1.54) is 51.4 Å². The van der Waals surface area contributed by atoms with Crippen LogP contribution < -0.4 is 5.32 Å². The van der Waals surface area contributed by atoms with Crippen molar-refractivity contribution in [2.45, 2.75) is 143 Å². The number of Topliss-reactive ketones (excluding diaryl/α,β-unsaturated/α-hetero) is 1. The van der Waals surface area contributed by atoms with Crippen LogP contribution in [-0.2, 0) is 9.59 Å². The lowest BCUT2D eigenvalue weighted by Gasteiger charge is -2.62. The van der Waals surface area contributed by atoms with E-state index in [4.69, 9.17) is 0 Å². The highest BCUT2D eigenvalue weighted by Crippen LogP contribution is 2.67. The van der Waals surface area contributed by atoms with Crippen LogP contribution in [0, 0.1) is 40.4 Å². The molecule has 4 fully saturated rings. The first kappa shape index (κ1) is 27.1. The van der Waals surface area contributed by atoms with Crippen LogP contribution in [0.5, 0.6) is 0 Å². The minimum absolute atomic E-state index is 0.114. The van der Waals surface area contributed by atoms with Gasteiger partial charge in [0.15, 0.2) is 0 Å². The van der Waals surface area contributed by atoms with Crippen LogP contribution in [0.4, 0.5) is 0 Å². The monoisotopic (exact) mass is 487 g/mol. The minimum atomic E-state index is -0.120. The fraction of sp³-hybridized carbons (Fsp3) is 0.935. The average molecular weight is 488 g/mol. The Balaban J connectivity index is 1.32. The highest BCUT2D eigenvalue weighted by molar-refractivity contribution is 5.79. The second-order valence-corrected chi connectivity index (χ2v) is 13.6. The van der Waals surface area contributed by atoms with E-state index in [9.17, 15) is 14.7 Å². The van der Waals surface area contributed by atoms with E-state index in [1.807, 2.05) is 0 Å². The molecule has 1 unspecified atom stereocenters. The highest BCUT2D eigenvalue weighted by Gasteiger charge is 2.62. The molecule has 2 N–H and O–H groups in total. The summed E-state index contributed by atoms with van der Waals surface area (Å²) in [6, 6.07) is 0.283. The summed E-state index contributed by atoms with van der Waals surface area (Å²) in [6.45, 7) is 9.09. The standard InChI is InChI=1S/C31H53NO3/c1-5-21(2)32-28(35)12-10-8-6-7-9-11-22-19-23-20-24(33)15-17-30(23,3)26-16-18-31(4)25(29(22)26)13-14-27(31)34/h21-23,25-27,29,34H,5-20H2,1-4H3,(H,32,35)/t21?,22-,23+,25+,26+,27+,29+,30+,31+/m1/s1. The van der Waals surface area contributed by atoms with Gasteiger partial charge in [0.25, 0.3) is 0 Å². The molecule has 0 radical (unpaired) electrons. The maximum absolute atomic E-state index is 12.4. The van der Waals surface area contributed by atoms with Crippen LogP contribution in [0.1, 0.15) is 130 Å². The number of aliphatic hydroxyl groups excluding tert-OH is 1. The molecule has 0 aliphatic heterocycles. The predicted octanol–water partition coefficient (Wildman–Crippen LogP) is 6.83. The number of unbranched alkanes of at least 4 members (excludes halogenated alkanes) is 4. The number of amides is 1. The van der Waals surface area contributed by atoms with Gasteiger partial charge < -0.3 is 10.4 Å². The predicted molar refractivity (Wildman–Crippen MR) is 142 cm³/mol. The number of nitrogens with one attached hydrogen (secondary N) is 1. The highest BCUT2D eigenvalue weighted by atomic mass is 16.3. The van der Waals surface area contributed by atoms with Crippen molar-refractivity contribution < 1.29 is 14.7 Å². The zero-order valence-corrected chi connectivity index (χ0v) is 23.1. The van der Waals surface area contributed by atoms with Gasteiger partial charge in [-0.1, -0.05) is 52.9 Å². The second kappa shape index (κ2) is 11.2. The van der Waals surface area contributed by atoms with Gasteiger partial charge >= 0.3 is 0 Å². The van der Waals surface area contributed by atoms with Gasteiger partial charge in [-0.15, -0.1) is 0 Å². The summed E-state index contributed by atoms with van der Waals surface area (Å²) in [5, 5.41) is 14.0. The Morgan fingerprint density at radius 2 is 1.74 bits per heavy atom. The van der Waals surface area contributed by atoms with Gasteiger partial charge in [0.05, 0.1) is 6.10 Å². The average Bonchev–Trinajstić information content (AvgIpc) is 3.13. The molecule has 4 aliphatic rings. The molecule has 0 spiro atoms. The number of carbonyl (C=O) groups is 2. The third-order valence-electron chi connectivity index (χ3n) is 11.6. The number of ketones is 1. The normalized spacial score (nSPS) is 41.6. The molecule has 4 aliphatic carbocycles. The van der Waals surface area contributed by atoms with Gasteiger partial charge in [0.1, 0.15) is 5.78 Å². The number of hydrogen-bond donors (Lipinski definition) is 2. The van der Waals surface area contributed by atoms with E-state index in [-0.39, 0.29) is 23.5 Å². The lowest BCUT2D eigenvalue weighted by atomic mass is 9.42. The molecular weight excluding hydrogens is 434 g/mol. The molecule has 4 saturated carbocycles. The Bertz CT molecular complexity index is 752. The molecular formula is C31H53NO3. The van der Waals surface area contributed by atoms with Crippen molar-refractivity contribution >= 4 is 11.7 Å². The van der Waals surface area contributed by atoms with Crippen LogP contribution in [0.2, 0.25) is 0 Å². The summed E-state index contributed by atoms with van der Waals surface area (Å²) >= 11 is 0. The molecule has 9 atom stereocenters. The third-order valence-corrected chi connectivity index (χ3v) is 11.6.